The van der Waals surface area contributed by atoms with Gasteiger partial charge in [-0.15, -0.1) is 23.1 Å². The molecule has 2 aromatic rings. The average Bonchev–Trinajstić information content (AvgIpc) is 3.07. The van der Waals surface area contributed by atoms with Crippen molar-refractivity contribution in [3.05, 3.63) is 52.0 Å². The number of rotatable bonds is 7. The Bertz CT molecular complexity index is 724. The smallest absolute Gasteiger partial charge is 0.236 e. The number of benzene rings is 1. The molecule has 4 nitrogen and oxygen atoms in total. The summed E-state index contributed by atoms with van der Waals surface area (Å²) >= 11 is 3.48. The van der Waals surface area contributed by atoms with E-state index in [1.54, 1.807) is 23.1 Å². The Kier molecular flexibility index (Phi) is 7.33. The second-order valence-electron chi connectivity index (χ2n) is 7.42. The zero-order valence-electron chi connectivity index (χ0n) is 16.4. The van der Waals surface area contributed by atoms with Crippen LogP contribution in [-0.4, -0.2) is 52.1 Å². The molecule has 0 bridgehead atoms. The first-order chi connectivity index (χ1) is 13.0. The summed E-state index contributed by atoms with van der Waals surface area (Å²) in [6.45, 7) is 10.7. The van der Waals surface area contributed by atoms with Gasteiger partial charge in [0.15, 0.2) is 0 Å². The number of aryl methyl sites for hydroxylation is 1. The predicted molar refractivity (Wildman–Crippen MR) is 115 cm³/mol. The first-order valence-electron chi connectivity index (χ1n) is 9.60. The summed E-state index contributed by atoms with van der Waals surface area (Å²) in [5.74, 6) is 1.52. The fourth-order valence-electron chi connectivity index (χ4n) is 3.33. The highest BCUT2D eigenvalue weighted by Gasteiger charge is 2.30. The number of nitrogens with zero attached hydrogens (tertiary/aromatic N) is 3. The maximum absolute atomic E-state index is 13.1. The van der Waals surface area contributed by atoms with Crippen LogP contribution < -0.4 is 0 Å². The molecule has 0 saturated carbocycles. The zero-order chi connectivity index (χ0) is 19.2. The number of thioether (sulfide) groups is 1. The van der Waals surface area contributed by atoms with Gasteiger partial charge >= 0.3 is 0 Å². The van der Waals surface area contributed by atoms with Gasteiger partial charge in [0.05, 0.1) is 16.0 Å². The van der Waals surface area contributed by atoms with E-state index in [9.17, 15) is 4.79 Å². The largest absolute Gasteiger partial charge is 0.339 e. The summed E-state index contributed by atoms with van der Waals surface area (Å²) in [7, 11) is 0. The molecule has 6 heteroatoms. The molecule has 0 aliphatic carbocycles. The summed E-state index contributed by atoms with van der Waals surface area (Å²) in [4.78, 5) is 22.1. The summed E-state index contributed by atoms with van der Waals surface area (Å²) in [5, 5.41) is 3.29. The Morgan fingerprint density at radius 2 is 1.89 bits per heavy atom. The summed E-state index contributed by atoms with van der Waals surface area (Å²) < 4.78 is 0. The second kappa shape index (κ2) is 9.71. The number of piperazine rings is 1. The fraction of sp³-hybridized carbons (Fsp3) is 0.524. The van der Waals surface area contributed by atoms with Crippen LogP contribution in [0.4, 0.5) is 0 Å². The lowest BCUT2D eigenvalue weighted by molar-refractivity contribution is -0.133. The molecule has 27 heavy (non-hydrogen) atoms. The Hall–Kier alpha value is -1.37. The predicted octanol–water partition coefficient (Wildman–Crippen LogP) is 4.05. The van der Waals surface area contributed by atoms with Crippen LogP contribution in [0.1, 0.15) is 30.1 Å². The molecule has 1 aromatic carbocycles. The molecule has 1 aromatic heterocycles. The van der Waals surface area contributed by atoms with Crippen molar-refractivity contribution in [3.8, 4) is 0 Å². The number of carbonyl (C=O) groups is 1. The van der Waals surface area contributed by atoms with E-state index in [1.165, 1.54) is 5.56 Å². The molecule has 1 amide bonds. The standard InChI is InChI=1S/C21H29N3OS2/c1-16(2)20(27-14-18-7-5-4-6-8-18)21(25)24-11-9-23(10-12-24)13-19-15-26-17(3)22-19/h4-8,15-16,20H,9-14H2,1-3H3. The van der Waals surface area contributed by atoms with E-state index in [0.717, 1.165) is 49.2 Å². The molecule has 1 fully saturated rings. The topological polar surface area (TPSA) is 36.4 Å². The molecule has 1 atom stereocenters. The van der Waals surface area contributed by atoms with Gasteiger partial charge in [-0.1, -0.05) is 44.2 Å². The van der Waals surface area contributed by atoms with Gasteiger partial charge in [-0.2, -0.15) is 0 Å². The van der Waals surface area contributed by atoms with Gasteiger partial charge in [-0.25, -0.2) is 4.98 Å². The normalized spacial score (nSPS) is 16.7. The number of hydrogen-bond donors (Lipinski definition) is 0. The van der Waals surface area contributed by atoms with Gasteiger partial charge < -0.3 is 4.90 Å². The minimum absolute atomic E-state index is 0.0259. The molecule has 3 rings (SSSR count). The minimum atomic E-state index is 0.0259. The van der Waals surface area contributed by atoms with Crippen LogP contribution in [0.5, 0.6) is 0 Å². The SMILES string of the molecule is Cc1nc(CN2CCN(C(=O)C(SCc3ccccc3)C(C)C)CC2)cs1. The molecule has 1 aliphatic rings. The molecule has 2 heterocycles. The summed E-state index contributed by atoms with van der Waals surface area (Å²) in [6.07, 6.45) is 0. The van der Waals surface area contributed by atoms with Crippen molar-refractivity contribution < 1.29 is 4.79 Å². The van der Waals surface area contributed by atoms with E-state index in [-0.39, 0.29) is 5.25 Å². The van der Waals surface area contributed by atoms with Crippen molar-refractivity contribution in [2.45, 2.75) is 38.3 Å². The molecular weight excluding hydrogens is 374 g/mol. The highest BCUT2D eigenvalue weighted by atomic mass is 32.2. The van der Waals surface area contributed by atoms with Crippen LogP contribution in [-0.2, 0) is 17.1 Å². The number of aromatic nitrogens is 1. The summed E-state index contributed by atoms with van der Waals surface area (Å²) in [5.41, 5.74) is 2.43. The van der Waals surface area contributed by atoms with E-state index < -0.39 is 0 Å². The summed E-state index contributed by atoms with van der Waals surface area (Å²) in [6, 6.07) is 10.4. The molecular formula is C21H29N3OS2. The van der Waals surface area contributed by atoms with Crippen LogP contribution in [0.25, 0.3) is 0 Å². The van der Waals surface area contributed by atoms with Gasteiger partial charge in [0, 0.05) is 43.9 Å². The van der Waals surface area contributed by atoms with Gasteiger partial charge in [0.2, 0.25) is 5.91 Å². The molecule has 1 unspecified atom stereocenters. The molecule has 0 spiro atoms. The quantitative estimate of drug-likeness (QED) is 0.699. The van der Waals surface area contributed by atoms with Crippen LogP contribution in [0.2, 0.25) is 0 Å². The lowest BCUT2D eigenvalue weighted by Gasteiger charge is -2.36. The van der Waals surface area contributed by atoms with Gasteiger partial charge in [-0.3, -0.25) is 9.69 Å². The number of carbonyl (C=O) groups excluding carboxylic acids is 1. The lowest BCUT2D eigenvalue weighted by atomic mass is 10.1. The number of hydrogen-bond acceptors (Lipinski definition) is 5. The maximum Gasteiger partial charge on any atom is 0.236 e. The van der Waals surface area contributed by atoms with E-state index in [0.29, 0.717) is 11.8 Å². The van der Waals surface area contributed by atoms with Crippen molar-refractivity contribution >= 4 is 29.0 Å². The van der Waals surface area contributed by atoms with E-state index >= 15 is 0 Å². The Morgan fingerprint density at radius 1 is 1.19 bits per heavy atom. The number of thiazole rings is 1. The number of amides is 1. The highest BCUT2D eigenvalue weighted by Crippen LogP contribution is 2.26. The van der Waals surface area contributed by atoms with Gasteiger partial charge in [0.25, 0.3) is 0 Å². The molecule has 0 radical (unpaired) electrons. The Balaban J connectivity index is 1.51. The Morgan fingerprint density at radius 3 is 2.48 bits per heavy atom. The first-order valence-corrected chi connectivity index (χ1v) is 11.5. The molecule has 146 valence electrons. The Labute approximate surface area is 171 Å². The van der Waals surface area contributed by atoms with Crippen molar-refractivity contribution in [1.82, 2.24) is 14.8 Å². The first kappa shape index (κ1) is 20.4. The van der Waals surface area contributed by atoms with Crippen molar-refractivity contribution in [3.63, 3.8) is 0 Å². The van der Waals surface area contributed by atoms with E-state index in [1.807, 2.05) is 13.0 Å². The third-order valence-electron chi connectivity index (χ3n) is 4.86. The maximum atomic E-state index is 13.1. The van der Waals surface area contributed by atoms with Crippen LogP contribution in [0, 0.1) is 12.8 Å². The highest BCUT2D eigenvalue weighted by molar-refractivity contribution is 7.99. The fourth-order valence-corrected chi connectivity index (χ4v) is 5.17. The molecule has 0 N–H and O–H groups in total. The third-order valence-corrected chi connectivity index (χ3v) is 7.28. The van der Waals surface area contributed by atoms with Crippen LogP contribution in [0.15, 0.2) is 35.7 Å². The van der Waals surface area contributed by atoms with Crippen molar-refractivity contribution in [2.75, 3.05) is 26.2 Å². The van der Waals surface area contributed by atoms with Crippen molar-refractivity contribution in [1.29, 1.82) is 0 Å². The zero-order valence-corrected chi connectivity index (χ0v) is 18.1. The molecule has 1 aliphatic heterocycles. The average molecular weight is 404 g/mol. The van der Waals surface area contributed by atoms with Crippen molar-refractivity contribution in [2.24, 2.45) is 5.92 Å². The van der Waals surface area contributed by atoms with E-state index in [2.05, 4.69) is 58.3 Å². The van der Waals surface area contributed by atoms with E-state index in [4.69, 9.17) is 0 Å². The van der Waals surface area contributed by atoms with Gasteiger partial charge in [0.1, 0.15) is 0 Å². The molecule has 1 saturated heterocycles. The van der Waals surface area contributed by atoms with Crippen LogP contribution >= 0.6 is 23.1 Å². The van der Waals surface area contributed by atoms with Gasteiger partial charge in [-0.05, 0) is 18.4 Å². The second-order valence-corrected chi connectivity index (χ2v) is 9.61. The van der Waals surface area contributed by atoms with Crippen LogP contribution in [0.3, 0.4) is 0 Å². The third kappa shape index (κ3) is 5.80. The minimum Gasteiger partial charge on any atom is -0.339 e. The monoisotopic (exact) mass is 403 g/mol. The lowest BCUT2D eigenvalue weighted by Crippen LogP contribution is -2.51.